The van der Waals surface area contributed by atoms with Gasteiger partial charge in [0.25, 0.3) is 0 Å². The lowest BCUT2D eigenvalue weighted by atomic mass is 10.1. The van der Waals surface area contributed by atoms with Crippen molar-refractivity contribution in [2.75, 3.05) is 0 Å². The van der Waals surface area contributed by atoms with Gasteiger partial charge in [-0.1, -0.05) is 30.3 Å². The fraction of sp³-hybridized carbons (Fsp3) is 0. The molecule has 0 saturated heterocycles. The summed E-state index contributed by atoms with van der Waals surface area (Å²) in [6, 6.07) is 10.7. The highest BCUT2D eigenvalue weighted by Crippen LogP contribution is 2.28. The summed E-state index contributed by atoms with van der Waals surface area (Å²) in [5.74, 6) is -0.399. The van der Waals surface area contributed by atoms with E-state index in [1.54, 1.807) is 24.3 Å². The van der Waals surface area contributed by atoms with Gasteiger partial charge in [0, 0.05) is 5.56 Å². The van der Waals surface area contributed by atoms with Gasteiger partial charge in [-0.05, 0) is 23.7 Å². The van der Waals surface area contributed by atoms with Crippen molar-refractivity contribution in [1.29, 1.82) is 0 Å². The smallest absolute Gasteiger partial charge is 0.123 e. The van der Waals surface area contributed by atoms with Gasteiger partial charge in [-0.2, -0.15) is 0 Å². The van der Waals surface area contributed by atoms with Crippen molar-refractivity contribution in [3.8, 4) is 16.9 Å². The van der Waals surface area contributed by atoms with E-state index in [4.69, 9.17) is 1.37 Å². The second kappa shape index (κ2) is 3.50. The molecule has 0 radical (unpaired) electrons. The Morgan fingerprint density at radius 3 is 2.50 bits per heavy atom. The lowest BCUT2D eigenvalue weighted by Gasteiger charge is -2.03. The molecule has 0 atom stereocenters. The van der Waals surface area contributed by atoms with Gasteiger partial charge >= 0.3 is 0 Å². The molecule has 0 aromatic heterocycles. The molecular formula is C12H9FO. The van der Waals surface area contributed by atoms with Crippen molar-refractivity contribution < 1.29 is 10.9 Å². The van der Waals surface area contributed by atoms with Crippen LogP contribution < -0.4 is 0 Å². The van der Waals surface area contributed by atoms with Crippen molar-refractivity contribution in [3.05, 3.63) is 54.3 Å². The van der Waals surface area contributed by atoms with Crippen LogP contribution in [0.3, 0.4) is 0 Å². The van der Waals surface area contributed by atoms with Crippen LogP contribution in [0.25, 0.3) is 11.1 Å². The van der Waals surface area contributed by atoms with Crippen LogP contribution in [0.1, 0.15) is 1.37 Å². The Morgan fingerprint density at radius 2 is 1.79 bits per heavy atom. The zero-order valence-corrected chi connectivity index (χ0v) is 7.37. The van der Waals surface area contributed by atoms with E-state index < -0.39 is 0 Å². The normalized spacial score (nSPS) is 11.1. The lowest BCUT2D eigenvalue weighted by Crippen LogP contribution is -1.79. The van der Waals surface area contributed by atoms with E-state index in [0.717, 1.165) is 0 Å². The molecule has 0 bridgehead atoms. The summed E-state index contributed by atoms with van der Waals surface area (Å²) in [5.41, 5.74) is 1.24. The van der Waals surface area contributed by atoms with E-state index in [1.807, 2.05) is 0 Å². The molecule has 1 N–H and O–H groups in total. The molecule has 0 aliphatic heterocycles. The summed E-state index contributed by atoms with van der Waals surface area (Å²) in [7, 11) is 0. The maximum Gasteiger partial charge on any atom is 0.123 e. The molecule has 2 aromatic rings. The van der Waals surface area contributed by atoms with Crippen LogP contribution in [0.4, 0.5) is 4.39 Å². The fourth-order valence-corrected chi connectivity index (χ4v) is 1.29. The summed E-state index contributed by atoms with van der Waals surface area (Å²) in [6.45, 7) is 0. The van der Waals surface area contributed by atoms with Crippen LogP contribution in [-0.2, 0) is 0 Å². The highest BCUT2D eigenvalue weighted by molar-refractivity contribution is 5.69. The van der Waals surface area contributed by atoms with Crippen LogP contribution in [0, 0.1) is 5.82 Å². The van der Waals surface area contributed by atoms with E-state index in [0.29, 0.717) is 11.1 Å². The first-order valence-corrected chi connectivity index (χ1v) is 4.23. The SMILES string of the molecule is [2H]c1cccc(-c2ccc(F)cc2)c1O. The van der Waals surface area contributed by atoms with Gasteiger partial charge in [-0.3, -0.25) is 0 Å². The summed E-state index contributed by atoms with van der Waals surface area (Å²) in [6.07, 6.45) is 0. The molecule has 2 rings (SSSR count). The number of hydrogen-bond donors (Lipinski definition) is 1. The third-order valence-corrected chi connectivity index (χ3v) is 1.99. The summed E-state index contributed by atoms with van der Waals surface area (Å²) < 4.78 is 20.1. The Labute approximate surface area is 82.9 Å². The zero-order chi connectivity index (χ0) is 10.8. The molecule has 1 nitrogen and oxygen atoms in total. The topological polar surface area (TPSA) is 20.2 Å². The van der Waals surface area contributed by atoms with Crippen molar-refractivity contribution in [2.24, 2.45) is 0 Å². The van der Waals surface area contributed by atoms with E-state index in [-0.39, 0.29) is 17.6 Å². The molecule has 0 spiro atoms. The Morgan fingerprint density at radius 1 is 1.07 bits per heavy atom. The third-order valence-electron chi connectivity index (χ3n) is 1.99. The quantitative estimate of drug-likeness (QED) is 0.730. The molecule has 2 aromatic carbocycles. The lowest BCUT2D eigenvalue weighted by molar-refractivity contribution is 0.477. The first kappa shape index (κ1) is 7.56. The molecule has 0 saturated carbocycles. The maximum atomic E-state index is 12.7. The van der Waals surface area contributed by atoms with Gasteiger partial charge in [-0.25, -0.2) is 4.39 Å². The van der Waals surface area contributed by atoms with E-state index in [9.17, 15) is 9.50 Å². The minimum atomic E-state index is -0.319. The predicted molar refractivity (Wildman–Crippen MR) is 53.5 cm³/mol. The minimum Gasteiger partial charge on any atom is -0.507 e. The van der Waals surface area contributed by atoms with E-state index >= 15 is 0 Å². The molecule has 0 aliphatic rings. The highest BCUT2D eigenvalue weighted by atomic mass is 19.1. The number of rotatable bonds is 1. The minimum absolute atomic E-state index is 0.0665. The summed E-state index contributed by atoms with van der Waals surface area (Å²) in [4.78, 5) is 0. The molecule has 70 valence electrons. The Kier molecular flexibility index (Phi) is 1.89. The number of phenols is 1. The molecule has 0 amide bonds. The fourth-order valence-electron chi connectivity index (χ4n) is 1.29. The van der Waals surface area contributed by atoms with Crippen molar-refractivity contribution >= 4 is 0 Å². The van der Waals surface area contributed by atoms with Gasteiger partial charge in [0.15, 0.2) is 0 Å². The van der Waals surface area contributed by atoms with E-state index in [2.05, 4.69) is 0 Å². The average molecular weight is 189 g/mol. The van der Waals surface area contributed by atoms with Crippen LogP contribution >= 0.6 is 0 Å². The van der Waals surface area contributed by atoms with Crippen LogP contribution in [-0.4, -0.2) is 5.11 Å². The number of hydrogen-bond acceptors (Lipinski definition) is 1. The Bertz CT molecular complexity index is 479. The zero-order valence-electron chi connectivity index (χ0n) is 8.37. The number of phenolic OH excluding ortho intramolecular Hbond substituents is 1. The number of aromatic hydroxyl groups is 1. The van der Waals surface area contributed by atoms with Crippen molar-refractivity contribution in [1.82, 2.24) is 0 Å². The number of benzene rings is 2. The summed E-state index contributed by atoms with van der Waals surface area (Å²) >= 11 is 0. The molecule has 14 heavy (non-hydrogen) atoms. The molecule has 0 heterocycles. The van der Waals surface area contributed by atoms with Crippen LogP contribution in [0.5, 0.6) is 5.75 Å². The second-order valence-electron chi connectivity index (χ2n) is 2.94. The Hall–Kier alpha value is -1.83. The number of halogens is 1. The molecule has 0 fully saturated rings. The van der Waals surface area contributed by atoms with Gasteiger partial charge in [-0.15, -0.1) is 0 Å². The standard InChI is InChI=1S/C12H9FO/c13-10-7-5-9(6-8-10)11-3-1-2-4-12(11)14/h1-8,14H/i4D. The molecule has 2 heteroatoms. The Balaban J connectivity index is 2.54. The van der Waals surface area contributed by atoms with Gasteiger partial charge < -0.3 is 5.11 Å². The third kappa shape index (κ3) is 1.59. The maximum absolute atomic E-state index is 12.7. The van der Waals surface area contributed by atoms with Gasteiger partial charge in [0.05, 0.1) is 1.37 Å². The molecular weight excluding hydrogens is 179 g/mol. The largest absolute Gasteiger partial charge is 0.507 e. The highest BCUT2D eigenvalue weighted by Gasteiger charge is 2.02. The van der Waals surface area contributed by atoms with Gasteiger partial charge in [0.1, 0.15) is 11.6 Å². The predicted octanol–water partition coefficient (Wildman–Crippen LogP) is 3.20. The van der Waals surface area contributed by atoms with Crippen molar-refractivity contribution in [2.45, 2.75) is 0 Å². The second-order valence-corrected chi connectivity index (χ2v) is 2.94. The van der Waals surface area contributed by atoms with Crippen LogP contribution in [0.15, 0.2) is 48.5 Å². The van der Waals surface area contributed by atoms with E-state index in [1.165, 1.54) is 18.2 Å². The average Bonchev–Trinajstić information content (AvgIpc) is 2.24. The van der Waals surface area contributed by atoms with Crippen LogP contribution in [0.2, 0.25) is 0 Å². The van der Waals surface area contributed by atoms with Crippen molar-refractivity contribution in [3.63, 3.8) is 0 Å². The first-order chi connectivity index (χ1) is 7.18. The first-order valence-electron chi connectivity index (χ1n) is 4.73. The monoisotopic (exact) mass is 189 g/mol. The molecule has 0 unspecified atom stereocenters. The molecule has 0 aliphatic carbocycles. The van der Waals surface area contributed by atoms with Gasteiger partial charge in [0.2, 0.25) is 0 Å². The summed E-state index contributed by atoms with van der Waals surface area (Å²) in [5, 5.41) is 9.64. The number of para-hydroxylation sites is 1.